The summed E-state index contributed by atoms with van der Waals surface area (Å²) in [5.74, 6) is 1.29. The predicted molar refractivity (Wildman–Crippen MR) is 72.9 cm³/mol. The zero-order chi connectivity index (χ0) is 13.3. The zero-order valence-electron chi connectivity index (χ0n) is 11.8. The molecule has 1 aliphatic carbocycles. The maximum atomic E-state index is 12.6. The number of carbonyl (C=O) groups excluding carboxylic acids is 1. The van der Waals surface area contributed by atoms with Gasteiger partial charge in [0.15, 0.2) is 5.78 Å². The highest BCUT2D eigenvalue weighted by molar-refractivity contribution is 5.97. The van der Waals surface area contributed by atoms with E-state index in [2.05, 4.69) is 13.0 Å². The molecule has 2 fully saturated rings. The van der Waals surface area contributed by atoms with Gasteiger partial charge in [0.1, 0.15) is 0 Å². The van der Waals surface area contributed by atoms with Gasteiger partial charge in [0.05, 0.1) is 12.2 Å². The smallest absolute Gasteiger partial charge is 0.161 e. The fraction of sp³-hybridized carbons (Fsp3) is 0.812. The fourth-order valence-corrected chi connectivity index (χ4v) is 3.57. The highest BCUT2D eigenvalue weighted by atomic mass is 16.6. The fourth-order valence-electron chi connectivity index (χ4n) is 3.57. The van der Waals surface area contributed by atoms with Crippen molar-refractivity contribution in [1.29, 1.82) is 0 Å². The first-order chi connectivity index (χ1) is 9.19. The van der Waals surface area contributed by atoms with Crippen molar-refractivity contribution in [2.75, 3.05) is 19.8 Å². The maximum Gasteiger partial charge on any atom is 0.161 e. The third kappa shape index (κ3) is 2.77. The minimum absolute atomic E-state index is 0.152. The Balaban J connectivity index is 1.66. The summed E-state index contributed by atoms with van der Waals surface area (Å²) in [6.45, 7) is 4.43. The number of hydrogen-bond donors (Lipinski definition) is 0. The topological polar surface area (TPSA) is 35.5 Å². The molecule has 3 aliphatic rings. The van der Waals surface area contributed by atoms with E-state index in [1.165, 1.54) is 0 Å². The summed E-state index contributed by atoms with van der Waals surface area (Å²) >= 11 is 0. The second-order valence-electron chi connectivity index (χ2n) is 6.50. The number of ketones is 1. The Hall–Kier alpha value is -0.670. The van der Waals surface area contributed by atoms with Gasteiger partial charge in [-0.05, 0) is 43.6 Å². The molecule has 106 valence electrons. The van der Waals surface area contributed by atoms with E-state index in [1.54, 1.807) is 0 Å². The molecular weight excluding hydrogens is 240 g/mol. The molecule has 0 amide bonds. The zero-order valence-corrected chi connectivity index (χ0v) is 11.8. The maximum absolute atomic E-state index is 12.6. The third-order valence-electron chi connectivity index (χ3n) is 4.92. The number of carbonyl (C=O) groups is 1. The summed E-state index contributed by atoms with van der Waals surface area (Å²) < 4.78 is 11.4. The van der Waals surface area contributed by atoms with E-state index in [0.717, 1.165) is 56.6 Å². The van der Waals surface area contributed by atoms with Gasteiger partial charge >= 0.3 is 0 Å². The Morgan fingerprint density at radius 3 is 2.95 bits per heavy atom. The Kier molecular flexibility index (Phi) is 3.77. The first-order valence-electron chi connectivity index (χ1n) is 7.63. The van der Waals surface area contributed by atoms with Crippen LogP contribution in [0, 0.1) is 11.8 Å². The number of hydrogen-bond acceptors (Lipinski definition) is 3. The van der Waals surface area contributed by atoms with Crippen LogP contribution < -0.4 is 0 Å². The van der Waals surface area contributed by atoms with Crippen molar-refractivity contribution >= 4 is 5.78 Å². The second kappa shape index (κ2) is 5.37. The van der Waals surface area contributed by atoms with Crippen LogP contribution in [0.1, 0.15) is 45.4 Å². The summed E-state index contributed by atoms with van der Waals surface area (Å²) in [5.41, 5.74) is 0.931. The van der Waals surface area contributed by atoms with Gasteiger partial charge in [-0.25, -0.2) is 0 Å². The standard InChI is InChI=1S/C16H24O3/c1-12-2-4-13(5-3-12)15(17)14-6-8-19-16(10-14)7-9-18-11-16/h4,12,14H,2-3,5-11H2,1H3. The Labute approximate surface area is 115 Å². The lowest BCUT2D eigenvalue weighted by Gasteiger charge is -2.37. The van der Waals surface area contributed by atoms with Crippen molar-refractivity contribution < 1.29 is 14.3 Å². The molecular formula is C16H24O3. The van der Waals surface area contributed by atoms with Gasteiger partial charge in [-0.15, -0.1) is 0 Å². The molecule has 0 N–H and O–H groups in total. The van der Waals surface area contributed by atoms with Gasteiger partial charge in [-0.1, -0.05) is 13.0 Å². The molecule has 3 atom stereocenters. The SMILES string of the molecule is CC1CC=C(C(=O)C2CCOC3(CCOC3)C2)CC1. The van der Waals surface area contributed by atoms with Crippen LogP contribution in [0.25, 0.3) is 0 Å². The van der Waals surface area contributed by atoms with Gasteiger partial charge in [0, 0.05) is 25.6 Å². The van der Waals surface area contributed by atoms with E-state index in [9.17, 15) is 4.79 Å². The molecule has 3 rings (SSSR count). The van der Waals surface area contributed by atoms with E-state index in [-0.39, 0.29) is 11.5 Å². The molecule has 3 heteroatoms. The van der Waals surface area contributed by atoms with Crippen molar-refractivity contribution in [3.05, 3.63) is 11.6 Å². The first-order valence-corrected chi connectivity index (χ1v) is 7.63. The van der Waals surface area contributed by atoms with Crippen LogP contribution in [0.4, 0.5) is 0 Å². The van der Waals surface area contributed by atoms with Crippen LogP contribution in [-0.2, 0) is 14.3 Å². The van der Waals surface area contributed by atoms with E-state index >= 15 is 0 Å². The van der Waals surface area contributed by atoms with E-state index < -0.39 is 0 Å². The van der Waals surface area contributed by atoms with E-state index in [4.69, 9.17) is 9.47 Å². The van der Waals surface area contributed by atoms with Crippen molar-refractivity contribution in [2.24, 2.45) is 11.8 Å². The Morgan fingerprint density at radius 1 is 1.37 bits per heavy atom. The van der Waals surface area contributed by atoms with Gasteiger partial charge < -0.3 is 9.47 Å². The molecule has 2 heterocycles. The largest absolute Gasteiger partial charge is 0.378 e. The number of allylic oxidation sites excluding steroid dienone is 2. The number of ether oxygens (including phenoxy) is 2. The lowest BCUT2D eigenvalue weighted by Crippen LogP contribution is -2.42. The molecule has 2 aliphatic heterocycles. The number of Topliss-reactive ketones (excluding diaryl/α,β-unsaturated/α-hetero) is 1. The molecule has 0 aromatic rings. The van der Waals surface area contributed by atoms with Gasteiger partial charge in [0.2, 0.25) is 0 Å². The second-order valence-corrected chi connectivity index (χ2v) is 6.50. The van der Waals surface area contributed by atoms with Crippen molar-refractivity contribution in [3.63, 3.8) is 0 Å². The van der Waals surface area contributed by atoms with Gasteiger partial charge in [-0.2, -0.15) is 0 Å². The Bertz CT molecular complexity index is 379. The number of rotatable bonds is 2. The summed E-state index contributed by atoms with van der Waals surface area (Å²) in [7, 11) is 0. The molecule has 3 nitrogen and oxygen atoms in total. The van der Waals surface area contributed by atoms with Crippen LogP contribution in [-0.4, -0.2) is 31.2 Å². The average molecular weight is 264 g/mol. The highest BCUT2D eigenvalue weighted by Gasteiger charge is 2.43. The van der Waals surface area contributed by atoms with Crippen molar-refractivity contribution in [2.45, 2.75) is 51.0 Å². The molecule has 0 aromatic carbocycles. The molecule has 3 unspecified atom stereocenters. The molecule has 2 saturated heterocycles. The quantitative estimate of drug-likeness (QED) is 0.769. The third-order valence-corrected chi connectivity index (χ3v) is 4.92. The molecule has 19 heavy (non-hydrogen) atoms. The minimum Gasteiger partial charge on any atom is -0.378 e. The summed E-state index contributed by atoms with van der Waals surface area (Å²) in [4.78, 5) is 12.6. The first kappa shape index (κ1) is 13.3. The lowest BCUT2D eigenvalue weighted by atomic mass is 9.78. The molecule has 0 aromatic heterocycles. The van der Waals surface area contributed by atoms with Crippen LogP contribution >= 0.6 is 0 Å². The molecule has 0 bridgehead atoms. The van der Waals surface area contributed by atoms with E-state index in [0.29, 0.717) is 19.0 Å². The summed E-state index contributed by atoms with van der Waals surface area (Å²) in [6, 6.07) is 0. The molecule has 0 radical (unpaired) electrons. The monoisotopic (exact) mass is 264 g/mol. The summed E-state index contributed by atoms with van der Waals surface area (Å²) in [6.07, 6.45) is 8.08. The normalized spacial score (nSPS) is 39.3. The predicted octanol–water partition coefficient (Wildman–Crippen LogP) is 2.89. The average Bonchev–Trinajstić information content (AvgIpc) is 2.87. The van der Waals surface area contributed by atoms with E-state index in [1.807, 2.05) is 0 Å². The van der Waals surface area contributed by atoms with Gasteiger partial charge in [0.25, 0.3) is 0 Å². The van der Waals surface area contributed by atoms with Crippen molar-refractivity contribution in [1.82, 2.24) is 0 Å². The Morgan fingerprint density at radius 2 is 2.26 bits per heavy atom. The lowest BCUT2D eigenvalue weighted by molar-refractivity contribution is -0.134. The van der Waals surface area contributed by atoms with Crippen LogP contribution in [0.3, 0.4) is 0 Å². The highest BCUT2D eigenvalue weighted by Crippen LogP contribution is 2.38. The van der Waals surface area contributed by atoms with Crippen molar-refractivity contribution in [3.8, 4) is 0 Å². The van der Waals surface area contributed by atoms with Crippen LogP contribution in [0.2, 0.25) is 0 Å². The molecule has 0 saturated carbocycles. The van der Waals surface area contributed by atoms with Crippen LogP contribution in [0.15, 0.2) is 11.6 Å². The summed E-state index contributed by atoms with van der Waals surface area (Å²) in [5, 5.41) is 0. The van der Waals surface area contributed by atoms with Crippen LogP contribution in [0.5, 0.6) is 0 Å². The molecule has 1 spiro atoms. The van der Waals surface area contributed by atoms with Gasteiger partial charge in [-0.3, -0.25) is 4.79 Å². The minimum atomic E-state index is -0.152.